The Bertz CT molecular complexity index is 925. The third kappa shape index (κ3) is 4.00. The molecule has 1 aliphatic rings. The number of ether oxygens (including phenoxy) is 1. The van der Waals surface area contributed by atoms with Crippen LogP contribution in [0.4, 0.5) is 17.6 Å². The van der Waals surface area contributed by atoms with Gasteiger partial charge in [0.1, 0.15) is 23.3 Å². The number of nitriles is 1. The van der Waals surface area contributed by atoms with Crippen molar-refractivity contribution in [1.29, 1.82) is 5.26 Å². The van der Waals surface area contributed by atoms with E-state index in [9.17, 15) is 22.8 Å². The molecule has 0 atom stereocenters. The van der Waals surface area contributed by atoms with Gasteiger partial charge in [-0.05, 0) is 47.0 Å². The highest BCUT2D eigenvalue weighted by Crippen LogP contribution is 2.34. The largest absolute Gasteiger partial charge is 0.573 e. The molecule has 0 spiro atoms. The Balaban J connectivity index is 2.13. The van der Waals surface area contributed by atoms with Crippen molar-refractivity contribution >= 4 is 11.8 Å². The minimum atomic E-state index is -4.86. The molecule has 3 rings (SSSR count). The van der Waals surface area contributed by atoms with Crippen molar-refractivity contribution < 1.29 is 22.3 Å². The van der Waals surface area contributed by atoms with Gasteiger partial charge in [0.15, 0.2) is 0 Å². The summed E-state index contributed by atoms with van der Waals surface area (Å²) in [7, 11) is 0. The van der Waals surface area contributed by atoms with E-state index in [4.69, 9.17) is 0 Å². The van der Waals surface area contributed by atoms with Crippen LogP contribution in [0.25, 0.3) is 16.7 Å². The molecule has 0 aromatic heterocycles. The molecule has 0 saturated carbocycles. The molecule has 1 aliphatic heterocycles. The Morgan fingerprint density at radius 3 is 2.38 bits per heavy atom. The van der Waals surface area contributed by atoms with Gasteiger partial charge < -0.3 is 4.74 Å². The molecule has 2 aromatic carbocycles. The number of rotatable bonds is 3. The van der Waals surface area contributed by atoms with Crippen LogP contribution in [0.15, 0.2) is 53.3 Å². The van der Waals surface area contributed by atoms with Gasteiger partial charge in [0.25, 0.3) is 0 Å². The summed E-state index contributed by atoms with van der Waals surface area (Å²) in [5, 5.41) is 13.0. The Kier molecular flexibility index (Phi) is 4.63. The maximum absolute atomic E-state index is 13.1. The minimum Gasteiger partial charge on any atom is -0.406 e. The number of nitrogens with one attached hydrogen (secondary N) is 1. The van der Waals surface area contributed by atoms with E-state index in [1.807, 2.05) is 6.07 Å². The molecular formula is C18H11F4N3O. The standard InChI is InChI=1S/C18H11F4N3O/c19-14-3-1-11(2-4-14)12-7-13(9-15(8-12)26-18(20,21)22)16-5-6-24-25-17(16)10-23/h1-4,6-9,25H,5H2. The number of alkyl halides is 3. The van der Waals surface area contributed by atoms with E-state index in [1.165, 1.54) is 42.6 Å². The van der Waals surface area contributed by atoms with Crippen molar-refractivity contribution in [2.24, 2.45) is 5.10 Å². The first-order valence-corrected chi connectivity index (χ1v) is 7.43. The number of nitrogens with zero attached hydrogens (tertiary/aromatic N) is 2. The van der Waals surface area contributed by atoms with E-state index in [2.05, 4.69) is 15.3 Å². The van der Waals surface area contributed by atoms with Gasteiger partial charge in [-0.25, -0.2) is 4.39 Å². The van der Waals surface area contributed by atoms with Gasteiger partial charge in [-0.2, -0.15) is 10.4 Å². The zero-order valence-corrected chi connectivity index (χ0v) is 13.1. The predicted molar refractivity (Wildman–Crippen MR) is 87.3 cm³/mol. The van der Waals surface area contributed by atoms with Crippen LogP contribution in [0.3, 0.4) is 0 Å². The SMILES string of the molecule is N#CC1=C(c2cc(OC(F)(F)F)cc(-c3ccc(F)cc3)c2)CC=NN1. The molecule has 0 saturated heterocycles. The summed E-state index contributed by atoms with van der Waals surface area (Å²) >= 11 is 0. The summed E-state index contributed by atoms with van der Waals surface area (Å²) in [6.07, 6.45) is -3.09. The fraction of sp³-hybridized carbons (Fsp3) is 0.111. The summed E-state index contributed by atoms with van der Waals surface area (Å²) in [5.41, 5.74) is 4.44. The lowest BCUT2D eigenvalue weighted by Crippen LogP contribution is -2.17. The van der Waals surface area contributed by atoms with Crippen molar-refractivity contribution in [3.8, 4) is 22.9 Å². The zero-order chi connectivity index (χ0) is 18.7. The van der Waals surface area contributed by atoms with E-state index in [1.54, 1.807) is 6.07 Å². The molecule has 4 nitrogen and oxygen atoms in total. The highest BCUT2D eigenvalue weighted by molar-refractivity contribution is 5.86. The fourth-order valence-electron chi connectivity index (χ4n) is 2.55. The van der Waals surface area contributed by atoms with E-state index < -0.39 is 17.9 Å². The number of halogens is 4. The van der Waals surface area contributed by atoms with Crippen LogP contribution < -0.4 is 10.2 Å². The smallest absolute Gasteiger partial charge is 0.406 e. The second kappa shape index (κ2) is 6.88. The number of benzene rings is 2. The monoisotopic (exact) mass is 361 g/mol. The highest BCUT2D eigenvalue weighted by Gasteiger charge is 2.31. The molecule has 0 bridgehead atoms. The molecule has 1 heterocycles. The van der Waals surface area contributed by atoms with Crippen LogP contribution in [0.1, 0.15) is 12.0 Å². The molecular weight excluding hydrogens is 350 g/mol. The number of hydrogen-bond donors (Lipinski definition) is 1. The molecule has 132 valence electrons. The normalized spacial score (nSPS) is 14.0. The molecule has 8 heteroatoms. The van der Waals surface area contributed by atoms with E-state index >= 15 is 0 Å². The van der Waals surface area contributed by atoms with Crippen LogP contribution in [0.5, 0.6) is 5.75 Å². The van der Waals surface area contributed by atoms with Gasteiger partial charge in [0, 0.05) is 18.2 Å². The third-order valence-electron chi connectivity index (χ3n) is 3.64. The molecule has 0 aliphatic carbocycles. The topological polar surface area (TPSA) is 57.4 Å². The first-order chi connectivity index (χ1) is 12.4. The van der Waals surface area contributed by atoms with Gasteiger partial charge in [-0.3, -0.25) is 5.43 Å². The summed E-state index contributed by atoms with van der Waals surface area (Å²) in [4.78, 5) is 0. The average molecular weight is 361 g/mol. The van der Waals surface area contributed by atoms with E-state index in [-0.39, 0.29) is 12.1 Å². The molecule has 0 amide bonds. The highest BCUT2D eigenvalue weighted by atomic mass is 19.4. The Hall–Kier alpha value is -3.34. The molecule has 0 unspecified atom stereocenters. The summed E-state index contributed by atoms with van der Waals surface area (Å²) in [6.45, 7) is 0. The van der Waals surface area contributed by atoms with Crippen LogP contribution in [-0.4, -0.2) is 12.6 Å². The Morgan fingerprint density at radius 2 is 1.73 bits per heavy atom. The first kappa shape index (κ1) is 17.5. The summed E-state index contributed by atoms with van der Waals surface area (Å²) in [6, 6.07) is 11.3. The maximum atomic E-state index is 13.1. The Labute approximate surface area is 146 Å². The van der Waals surface area contributed by atoms with Crippen LogP contribution >= 0.6 is 0 Å². The molecule has 1 N–H and O–H groups in total. The number of hydrazone groups is 1. The predicted octanol–water partition coefficient (Wildman–Crippen LogP) is 4.61. The average Bonchev–Trinajstić information content (AvgIpc) is 2.60. The first-order valence-electron chi connectivity index (χ1n) is 7.43. The summed E-state index contributed by atoms with van der Waals surface area (Å²) < 4.78 is 55.2. The molecule has 0 radical (unpaired) electrons. The Morgan fingerprint density at radius 1 is 1.04 bits per heavy atom. The van der Waals surface area contributed by atoms with Crippen LogP contribution in [0.2, 0.25) is 0 Å². The zero-order valence-electron chi connectivity index (χ0n) is 13.1. The van der Waals surface area contributed by atoms with Crippen LogP contribution in [0, 0.1) is 17.1 Å². The van der Waals surface area contributed by atoms with E-state index in [0.717, 1.165) is 0 Å². The third-order valence-corrected chi connectivity index (χ3v) is 3.64. The van der Waals surface area contributed by atoms with Crippen molar-refractivity contribution in [2.45, 2.75) is 12.8 Å². The maximum Gasteiger partial charge on any atom is 0.573 e. The van der Waals surface area contributed by atoms with Crippen molar-refractivity contribution in [1.82, 2.24) is 5.43 Å². The van der Waals surface area contributed by atoms with Crippen molar-refractivity contribution in [2.75, 3.05) is 0 Å². The lowest BCUT2D eigenvalue weighted by molar-refractivity contribution is -0.274. The molecule has 0 fully saturated rings. The molecule has 2 aromatic rings. The lowest BCUT2D eigenvalue weighted by atomic mass is 9.95. The molecule has 26 heavy (non-hydrogen) atoms. The number of hydrogen-bond acceptors (Lipinski definition) is 4. The van der Waals surface area contributed by atoms with Crippen molar-refractivity contribution in [3.05, 3.63) is 59.5 Å². The van der Waals surface area contributed by atoms with Gasteiger partial charge >= 0.3 is 6.36 Å². The van der Waals surface area contributed by atoms with Crippen molar-refractivity contribution in [3.63, 3.8) is 0 Å². The number of allylic oxidation sites excluding steroid dienone is 2. The van der Waals surface area contributed by atoms with Gasteiger partial charge in [-0.15, -0.1) is 13.2 Å². The fourth-order valence-corrected chi connectivity index (χ4v) is 2.55. The minimum absolute atomic E-state index is 0.140. The summed E-state index contributed by atoms with van der Waals surface area (Å²) in [5.74, 6) is -0.888. The lowest BCUT2D eigenvalue weighted by Gasteiger charge is -2.16. The van der Waals surface area contributed by atoms with Crippen LogP contribution in [-0.2, 0) is 0 Å². The van der Waals surface area contributed by atoms with Gasteiger partial charge in [-0.1, -0.05) is 12.1 Å². The second-order valence-electron chi connectivity index (χ2n) is 5.39. The van der Waals surface area contributed by atoms with Gasteiger partial charge in [0.2, 0.25) is 0 Å². The van der Waals surface area contributed by atoms with Gasteiger partial charge in [0.05, 0.1) is 0 Å². The quantitative estimate of drug-likeness (QED) is 0.813. The van der Waals surface area contributed by atoms with E-state index in [0.29, 0.717) is 22.3 Å². The second-order valence-corrected chi connectivity index (χ2v) is 5.39.